The van der Waals surface area contributed by atoms with Crippen molar-refractivity contribution in [2.45, 2.75) is 20.8 Å². The number of aromatic nitrogens is 1. The fourth-order valence-electron chi connectivity index (χ4n) is 1.74. The second kappa shape index (κ2) is 6.55. The van der Waals surface area contributed by atoms with Gasteiger partial charge in [-0.05, 0) is 6.08 Å². The standard InChI is InChI=1S/C16H12F5NO2S/c1-16(2,3)8(23)5-9-22-15(24)7(25-9)4-6-10(17)12(19)14(21)13(20)11(6)18/h4-5H,1-3H3,(H,22,24)/b7-4-,9-5+. The molecule has 0 fully saturated rings. The zero-order valence-corrected chi connectivity index (χ0v) is 14.1. The number of thiazole rings is 1. The van der Waals surface area contributed by atoms with Crippen LogP contribution in [0.5, 0.6) is 0 Å². The van der Waals surface area contributed by atoms with Crippen molar-refractivity contribution in [3.05, 3.63) is 54.2 Å². The third-order valence-electron chi connectivity index (χ3n) is 3.20. The fourth-order valence-corrected chi connectivity index (χ4v) is 2.61. The number of carbonyl (C=O) groups excluding carboxylic acids is 1. The Hall–Kier alpha value is -2.29. The molecule has 1 heterocycles. The highest BCUT2D eigenvalue weighted by Gasteiger charge is 2.24. The smallest absolute Gasteiger partial charge is 0.266 e. The molecule has 0 aliphatic rings. The van der Waals surface area contributed by atoms with Gasteiger partial charge >= 0.3 is 0 Å². The van der Waals surface area contributed by atoms with Crippen molar-refractivity contribution in [2.75, 3.05) is 0 Å². The lowest BCUT2D eigenvalue weighted by atomic mass is 9.91. The van der Waals surface area contributed by atoms with Crippen molar-refractivity contribution in [2.24, 2.45) is 5.41 Å². The van der Waals surface area contributed by atoms with Gasteiger partial charge in [0.2, 0.25) is 5.82 Å². The molecule has 25 heavy (non-hydrogen) atoms. The van der Waals surface area contributed by atoms with E-state index in [0.29, 0.717) is 17.4 Å². The van der Waals surface area contributed by atoms with Gasteiger partial charge in [-0.25, -0.2) is 22.0 Å². The predicted octanol–water partition coefficient (Wildman–Crippen LogP) is 2.36. The largest absolute Gasteiger partial charge is 0.313 e. The van der Waals surface area contributed by atoms with Gasteiger partial charge in [0.15, 0.2) is 29.1 Å². The number of Topliss-reactive ketones (excluding diaryl/α,β-unsaturated/α-hetero) is 1. The Balaban J connectivity index is 2.69. The molecule has 0 saturated carbocycles. The molecule has 0 aliphatic heterocycles. The molecule has 0 radical (unpaired) electrons. The number of nitrogens with one attached hydrogen (secondary N) is 1. The molecule has 1 aromatic heterocycles. The van der Waals surface area contributed by atoms with Crippen LogP contribution >= 0.6 is 11.3 Å². The molecule has 2 rings (SSSR count). The van der Waals surface area contributed by atoms with Crippen LogP contribution in [-0.2, 0) is 4.79 Å². The Labute approximate surface area is 142 Å². The Kier molecular flexibility index (Phi) is 4.99. The summed E-state index contributed by atoms with van der Waals surface area (Å²) in [7, 11) is 0. The molecule has 0 spiro atoms. The molecule has 0 aliphatic carbocycles. The maximum absolute atomic E-state index is 13.7. The van der Waals surface area contributed by atoms with Crippen LogP contribution in [0.15, 0.2) is 4.79 Å². The van der Waals surface area contributed by atoms with Gasteiger partial charge < -0.3 is 4.98 Å². The third kappa shape index (κ3) is 3.71. The number of ketones is 1. The molecule has 1 aromatic carbocycles. The summed E-state index contributed by atoms with van der Waals surface area (Å²) in [5.41, 5.74) is -2.76. The minimum atomic E-state index is -2.28. The molecule has 0 saturated heterocycles. The van der Waals surface area contributed by atoms with E-state index < -0.39 is 45.6 Å². The lowest BCUT2D eigenvalue weighted by Crippen LogP contribution is -2.22. The van der Waals surface area contributed by atoms with E-state index in [2.05, 4.69) is 4.98 Å². The van der Waals surface area contributed by atoms with Gasteiger partial charge in [-0.15, -0.1) is 11.3 Å². The molecule has 3 nitrogen and oxygen atoms in total. The molecule has 0 atom stereocenters. The van der Waals surface area contributed by atoms with Gasteiger partial charge in [-0.2, -0.15) is 0 Å². The second-order valence-corrected chi connectivity index (χ2v) is 7.25. The number of rotatable bonds is 2. The maximum atomic E-state index is 13.7. The van der Waals surface area contributed by atoms with Crippen LogP contribution in [0.2, 0.25) is 0 Å². The van der Waals surface area contributed by atoms with Crippen LogP contribution in [0.3, 0.4) is 0 Å². The number of hydrogen-bond donors (Lipinski definition) is 1. The molecule has 0 unspecified atom stereocenters. The summed E-state index contributed by atoms with van der Waals surface area (Å²) < 4.78 is 66.6. The van der Waals surface area contributed by atoms with Crippen molar-refractivity contribution < 1.29 is 26.7 Å². The predicted molar refractivity (Wildman–Crippen MR) is 82.9 cm³/mol. The van der Waals surface area contributed by atoms with Gasteiger partial charge in [0, 0.05) is 11.5 Å². The Bertz CT molecular complexity index is 1000. The maximum Gasteiger partial charge on any atom is 0.266 e. The Morgan fingerprint density at radius 2 is 1.44 bits per heavy atom. The lowest BCUT2D eigenvalue weighted by molar-refractivity contribution is -0.119. The number of halogens is 5. The quantitative estimate of drug-likeness (QED) is 0.496. The van der Waals surface area contributed by atoms with Crippen LogP contribution < -0.4 is 14.8 Å². The number of benzene rings is 1. The first-order chi connectivity index (χ1) is 11.4. The highest BCUT2D eigenvalue weighted by molar-refractivity contribution is 7.07. The zero-order valence-electron chi connectivity index (χ0n) is 13.3. The SMILES string of the molecule is CC(C)(C)C(=O)/C=c1\[nH]c(=O)/c(=C/c2c(F)c(F)c(F)c(F)c2F)s1. The first-order valence-electron chi connectivity index (χ1n) is 6.92. The van der Waals surface area contributed by atoms with Gasteiger partial charge in [-0.1, -0.05) is 20.8 Å². The van der Waals surface area contributed by atoms with E-state index in [1.165, 1.54) is 0 Å². The topological polar surface area (TPSA) is 49.9 Å². The molecule has 9 heteroatoms. The summed E-state index contributed by atoms with van der Waals surface area (Å²) in [5, 5.41) is 0. The monoisotopic (exact) mass is 377 g/mol. The highest BCUT2D eigenvalue weighted by atomic mass is 32.1. The van der Waals surface area contributed by atoms with Gasteiger partial charge in [0.1, 0.15) is 0 Å². The third-order valence-corrected chi connectivity index (χ3v) is 4.16. The summed E-state index contributed by atoms with van der Waals surface area (Å²) in [5.74, 6) is -10.9. The van der Waals surface area contributed by atoms with Gasteiger partial charge in [0.05, 0.1) is 14.8 Å². The van der Waals surface area contributed by atoms with Crippen molar-refractivity contribution in [1.29, 1.82) is 0 Å². The first kappa shape index (κ1) is 19.0. The minimum absolute atomic E-state index is 0.0973. The summed E-state index contributed by atoms with van der Waals surface area (Å²) in [6.07, 6.45) is 1.70. The summed E-state index contributed by atoms with van der Waals surface area (Å²) in [4.78, 5) is 26.0. The molecule has 2 aromatic rings. The lowest BCUT2D eigenvalue weighted by Gasteiger charge is -2.12. The van der Waals surface area contributed by atoms with Crippen LogP contribution in [0.25, 0.3) is 12.2 Å². The molecule has 0 bridgehead atoms. The molecule has 134 valence electrons. The van der Waals surface area contributed by atoms with E-state index in [0.717, 1.165) is 6.08 Å². The minimum Gasteiger partial charge on any atom is -0.313 e. The van der Waals surface area contributed by atoms with Gasteiger partial charge in [0.25, 0.3) is 5.56 Å². The van der Waals surface area contributed by atoms with E-state index in [1.807, 2.05) is 0 Å². The normalized spacial score (nSPS) is 13.6. The van der Waals surface area contributed by atoms with Crippen molar-refractivity contribution >= 4 is 29.3 Å². The van der Waals surface area contributed by atoms with E-state index in [-0.39, 0.29) is 15.0 Å². The first-order valence-corrected chi connectivity index (χ1v) is 7.73. The van der Waals surface area contributed by atoms with E-state index in [9.17, 15) is 31.5 Å². The molecule has 0 amide bonds. The fraction of sp³-hybridized carbons (Fsp3) is 0.250. The Morgan fingerprint density at radius 1 is 0.960 bits per heavy atom. The summed E-state index contributed by atoms with van der Waals surface area (Å²) >= 11 is 0.660. The molecule has 1 N–H and O–H groups in total. The average Bonchev–Trinajstić information content (AvgIpc) is 2.86. The number of carbonyl (C=O) groups is 1. The highest BCUT2D eigenvalue weighted by Crippen LogP contribution is 2.23. The number of aromatic amines is 1. The van der Waals surface area contributed by atoms with Crippen molar-refractivity contribution in [3.63, 3.8) is 0 Å². The summed E-state index contributed by atoms with van der Waals surface area (Å²) in [6, 6.07) is 0. The van der Waals surface area contributed by atoms with Crippen LogP contribution in [0.4, 0.5) is 22.0 Å². The van der Waals surface area contributed by atoms with E-state index >= 15 is 0 Å². The van der Waals surface area contributed by atoms with Crippen molar-refractivity contribution in [1.82, 2.24) is 4.98 Å². The van der Waals surface area contributed by atoms with Crippen LogP contribution in [0, 0.1) is 34.5 Å². The van der Waals surface area contributed by atoms with Crippen molar-refractivity contribution in [3.8, 4) is 0 Å². The average molecular weight is 377 g/mol. The van der Waals surface area contributed by atoms with Crippen LogP contribution in [0.1, 0.15) is 26.3 Å². The molecular formula is C16H12F5NO2S. The number of H-pyrrole nitrogens is 1. The second-order valence-electron chi connectivity index (χ2n) is 6.17. The van der Waals surface area contributed by atoms with Gasteiger partial charge in [-0.3, -0.25) is 9.59 Å². The zero-order chi connectivity index (χ0) is 19.1. The number of hydrogen-bond acceptors (Lipinski definition) is 3. The Morgan fingerprint density at radius 3 is 1.92 bits per heavy atom. The van der Waals surface area contributed by atoms with E-state index in [1.54, 1.807) is 20.8 Å². The summed E-state index contributed by atoms with van der Waals surface area (Å²) in [6.45, 7) is 4.96. The molecular weight excluding hydrogens is 365 g/mol. The van der Waals surface area contributed by atoms with E-state index in [4.69, 9.17) is 0 Å². The van der Waals surface area contributed by atoms with Crippen LogP contribution in [-0.4, -0.2) is 10.8 Å².